The zero-order valence-corrected chi connectivity index (χ0v) is 19.2. The first kappa shape index (κ1) is 22.3. The molecule has 2 heterocycles. The van der Waals surface area contributed by atoms with E-state index in [4.69, 9.17) is 9.47 Å². The average molecular weight is 473 g/mol. The quantitative estimate of drug-likeness (QED) is 0.524. The number of anilines is 1. The highest BCUT2D eigenvalue weighted by atomic mass is 32.2. The predicted molar refractivity (Wildman–Crippen MR) is 124 cm³/mol. The zero-order chi connectivity index (χ0) is 22.6. The van der Waals surface area contributed by atoms with E-state index in [9.17, 15) is 13.2 Å². The number of carbonyl (C=O) groups is 1. The van der Waals surface area contributed by atoms with Gasteiger partial charge in [0.25, 0.3) is 5.91 Å². The highest BCUT2D eigenvalue weighted by Crippen LogP contribution is 2.37. The summed E-state index contributed by atoms with van der Waals surface area (Å²) in [6, 6.07) is 15.1. The van der Waals surface area contributed by atoms with E-state index >= 15 is 0 Å². The lowest BCUT2D eigenvalue weighted by Crippen LogP contribution is -2.35. The molecule has 32 heavy (non-hydrogen) atoms. The Bertz CT molecular complexity index is 1190. The van der Waals surface area contributed by atoms with Crippen molar-refractivity contribution in [3.05, 3.63) is 64.9 Å². The largest absolute Gasteiger partial charge is 0.493 e. The molecule has 1 N–H and O–H groups in total. The van der Waals surface area contributed by atoms with Gasteiger partial charge in [0.1, 0.15) is 0 Å². The van der Waals surface area contributed by atoms with E-state index < -0.39 is 10.0 Å². The Labute approximate surface area is 191 Å². The molecule has 0 saturated carbocycles. The van der Waals surface area contributed by atoms with Crippen LogP contribution in [-0.4, -0.2) is 38.8 Å². The normalized spacial score (nSPS) is 14.7. The summed E-state index contributed by atoms with van der Waals surface area (Å²) in [5.74, 6) is 0.954. The molecule has 4 rings (SSSR count). The van der Waals surface area contributed by atoms with Crippen molar-refractivity contribution in [2.45, 2.75) is 24.2 Å². The average Bonchev–Trinajstić information content (AvgIpc) is 3.36. The number of carbonyl (C=O) groups excluding carboxylic acids is 1. The van der Waals surface area contributed by atoms with Crippen molar-refractivity contribution >= 4 is 33.0 Å². The maximum Gasteiger partial charge on any atom is 0.265 e. The monoisotopic (exact) mass is 472 g/mol. The van der Waals surface area contributed by atoms with Crippen LogP contribution >= 0.6 is 11.3 Å². The number of rotatable bonds is 7. The summed E-state index contributed by atoms with van der Waals surface area (Å²) in [6.45, 7) is 0.997. The van der Waals surface area contributed by atoms with Crippen LogP contribution in [-0.2, 0) is 10.0 Å². The molecule has 0 radical (unpaired) electrons. The number of methoxy groups -OCH3 is 1. The third-order valence-corrected chi connectivity index (χ3v) is 7.95. The van der Waals surface area contributed by atoms with Gasteiger partial charge in [-0.15, -0.1) is 11.3 Å². The Morgan fingerprint density at radius 1 is 0.969 bits per heavy atom. The Kier molecular flexibility index (Phi) is 6.78. The number of benzene rings is 2. The van der Waals surface area contributed by atoms with Crippen molar-refractivity contribution in [1.29, 1.82) is 0 Å². The summed E-state index contributed by atoms with van der Waals surface area (Å²) < 4.78 is 39.2. The molecule has 1 fully saturated rings. The van der Waals surface area contributed by atoms with Crippen LogP contribution in [0.1, 0.15) is 28.9 Å². The second-order valence-electron chi connectivity index (χ2n) is 7.31. The van der Waals surface area contributed by atoms with Crippen molar-refractivity contribution in [2.24, 2.45) is 0 Å². The van der Waals surface area contributed by atoms with Crippen molar-refractivity contribution in [3.8, 4) is 17.2 Å². The maximum atomic E-state index is 13.2. The van der Waals surface area contributed by atoms with Crippen LogP contribution in [0.25, 0.3) is 0 Å². The fraction of sp³-hybridized carbons (Fsp3) is 0.261. The summed E-state index contributed by atoms with van der Waals surface area (Å²) in [5.41, 5.74) is 0.271. The smallest absolute Gasteiger partial charge is 0.265 e. The summed E-state index contributed by atoms with van der Waals surface area (Å²) in [7, 11) is -2.13. The Hall–Kier alpha value is -2.88. The molecule has 0 bridgehead atoms. The van der Waals surface area contributed by atoms with Gasteiger partial charge in [0, 0.05) is 13.1 Å². The Morgan fingerprint density at radius 3 is 2.41 bits per heavy atom. The molecule has 1 aliphatic heterocycles. The number of amides is 1. The highest BCUT2D eigenvalue weighted by Gasteiger charge is 2.27. The molecule has 1 aliphatic rings. The van der Waals surface area contributed by atoms with Gasteiger partial charge in [-0.25, -0.2) is 8.42 Å². The van der Waals surface area contributed by atoms with Crippen molar-refractivity contribution in [1.82, 2.24) is 4.31 Å². The van der Waals surface area contributed by atoms with E-state index in [2.05, 4.69) is 5.32 Å². The number of piperidine rings is 1. The molecular formula is C23H24N2O5S2. The molecule has 1 saturated heterocycles. The molecule has 0 aliphatic carbocycles. The number of sulfonamides is 1. The molecular weight excluding hydrogens is 448 g/mol. The maximum absolute atomic E-state index is 13.2. The van der Waals surface area contributed by atoms with Crippen molar-refractivity contribution in [2.75, 3.05) is 25.5 Å². The lowest BCUT2D eigenvalue weighted by atomic mass is 10.2. The number of nitrogens with zero attached hydrogens (tertiary/aromatic N) is 1. The van der Waals surface area contributed by atoms with Gasteiger partial charge < -0.3 is 14.8 Å². The van der Waals surface area contributed by atoms with Crippen LogP contribution in [0, 0.1) is 0 Å². The molecule has 0 atom stereocenters. The van der Waals surface area contributed by atoms with Gasteiger partial charge in [-0.05, 0) is 54.6 Å². The topological polar surface area (TPSA) is 84.9 Å². The summed E-state index contributed by atoms with van der Waals surface area (Å²) >= 11 is 1.30. The minimum atomic E-state index is -3.67. The lowest BCUT2D eigenvalue weighted by Gasteiger charge is -2.26. The number of hydrogen-bond donors (Lipinski definition) is 1. The standard InChI is InChI=1S/C23H24N2O5S2/c1-29-20-8-3-4-9-21(20)30-19-12-11-17(32(27,28)25-13-5-2-6-14-25)16-18(19)24-23(26)22-10-7-15-31-22/h3-4,7-12,15-16H,2,5-6,13-14H2,1H3,(H,24,26). The van der Waals surface area contributed by atoms with Crippen LogP contribution in [0.2, 0.25) is 0 Å². The first-order chi connectivity index (χ1) is 15.5. The van der Waals surface area contributed by atoms with Crippen molar-refractivity contribution < 1.29 is 22.7 Å². The van der Waals surface area contributed by atoms with Crippen molar-refractivity contribution in [3.63, 3.8) is 0 Å². The van der Waals surface area contributed by atoms with Gasteiger partial charge in [-0.3, -0.25) is 4.79 Å². The molecule has 9 heteroatoms. The first-order valence-corrected chi connectivity index (χ1v) is 12.6. The fourth-order valence-corrected chi connectivity index (χ4v) is 5.69. The fourth-order valence-electron chi connectivity index (χ4n) is 3.52. The van der Waals surface area contributed by atoms with Crippen LogP contribution in [0.3, 0.4) is 0 Å². The Morgan fingerprint density at radius 2 is 1.72 bits per heavy atom. The lowest BCUT2D eigenvalue weighted by molar-refractivity contribution is 0.103. The molecule has 168 valence electrons. The number of thiophene rings is 1. The Balaban J connectivity index is 1.71. The van der Waals surface area contributed by atoms with E-state index in [1.54, 1.807) is 41.8 Å². The minimum Gasteiger partial charge on any atom is -0.493 e. The number of ether oxygens (including phenoxy) is 2. The molecule has 2 aromatic carbocycles. The third kappa shape index (κ3) is 4.79. The second-order valence-corrected chi connectivity index (χ2v) is 10.2. The summed E-state index contributed by atoms with van der Waals surface area (Å²) in [5, 5.41) is 4.61. The molecule has 1 aromatic heterocycles. The SMILES string of the molecule is COc1ccccc1Oc1ccc(S(=O)(=O)N2CCCCC2)cc1NC(=O)c1cccs1. The third-order valence-electron chi connectivity index (χ3n) is 5.19. The van der Waals surface area contributed by atoms with Gasteiger partial charge >= 0.3 is 0 Å². The predicted octanol–water partition coefficient (Wildman–Crippen LogP) is 4.98. The summed E-state index contributed by atoms with van der Waals surface area (Å²) in [6.07, 6.45) is 2.71. The van der Waals surface area contributed by atoms with E-state index in [-0.39, 0.29) is 16.5 Å². The van der Waals surface area contributed by atoms with Crippen LogP contribution in [0.4, 0.5) is 5.69 Å². The van der Waals surface area contributed by atoms with E-state index in [0.29, 0.717) is 35.2 Å². The van der Waals surface area contributed by atoms with E-state index in [1.165, 1.54) is 34.9 Å². The number of para-hydroxylation sites is 2. The number of hydrogen-bond acceptors (Lipinski definition) is 6. The van der Waals surface area contributed by atoms with Gasteiger partial charge in [0.15, 0.2) is 17.2 Å². The molecule has 0 spiro atoms. The van der Waals surface area contributed by atoms with E-state index in [1.807, 2.05) is 6.07 Å². The zero-order valence-electron chi connectivity index (χ0n) is 17.6. The second kappa shape index (κ2) is 9.72. The van der Waals surface area contributed by atoms with Gasteiger partial charge in [-0.1, -0.05) is 24.6 Å². The highest BCUT2D eigenvalue weighted by molar-refractivity contribution is 7.89. The first-order valence-electron chi connectivity index (χ1n) is 10.3. The van der Waals surface area contributed by atoms with Crippen LogP contribution in [0.5, 0.6) is 17.2 Å². The molecule has 1 amide bonds. The number of nitrogens with one attached hydrogen (secondary N) is 1. The van der Waals surface area contributed by atoms with Crippen LogP contribution < -0.4 is 14.8 Å². The molecule has 7 nitrogen and oxygen atoms in total. The van der Waals surface area contributed by atoms with Gasteiger partial charge in [0.05, 0.1) is 22.6 Å². The van der Waals surface area contributed by atoms with Crippen LogP contribution in [0.15, 0.2) is 64.9 Å². The van der Waals surface area contributed by atoms with E-state index in [0.717, 1.165) is 19.3 Å². The van der Waals surface area contributed by atoms with Gasteiger partial charge in [0.2, 0.25) is 10.0 Å². The van der Waals surface area contributed by atoms with Gasteiger partial charge in [-0.2, -0.15) is 4.31 Å². The molecule has 0 unspecified atom stereocenters. The minimum absolute atomic E-state index is 0.119. The molecule has 3 aromatic rings. The summed E-state index contributed by atoms with van der Waals surface area (Å²) in [4.78, 5) is 13.4.